The summed E-state index contributed by atoms with van der Waals surface area (Å²) in [5, 5.41) is 3.04. The van der Waals surface area contributed by atoms with Gasteiger partial charge < -0.3 is 19.7 Å². The van der Waals surface area contributed by atoms with Gasteiger partial charge >= 0.3 is 6.03 Å². The van der Waals surface area contributed by atoms with Crippen LogP contribution in [0.5, 0.6) is 0 Å². The molecule has 6 heteroatoms. The molecule has 6 nitrogen and oxygen atoms in total. The number of para-hydroxylation sites is 1. The quantitative estimate of drug-likeness (QED) is 0.878. The zero-order valence-electron chi connectivity index (χ0n) is 16.4. The lowest BCUT2D eigenvalue weighted by Crippen LogP contribution is -2.41. The van der Waals surface area contributed by atoms with Gasteiger partial charge in [0.1, 0.15) is 0 Å². The molecule has 0 unspecified atom stereocenters. The number of carbonyl (C=O) groups excluding carboxylic acids is 2. The molecule has 2 fully saturated rings. The number of likely N-dealkylation sites (tertiary alicyclic amines) is 2. The van der Waals surface area contributed by atoms with Gasteiger partial charge in [0, 0.05) is 44.6 Å². The Balaban J connectivity index is 1.44. The minimum atomic E-state index is -0.115. The molecule has 0 aliphatic carbocycles. The lowest BCUT2D eigenvalue weighted by molar-refractivity contribution is 0.0793. The van der Waals surface area contributed by atoms with Gasteiger partial charge in [-0.05, 0) is 56.4 Å². The van der Waals surface area contributed by atoms with Crippen molar-refractivity contribution in [1.29, 1.82) is 0 Å². The predicted molar refractivity (Wildman–Crippen MR) is 110 cm³/mol. The van der Waals surface area contributed by atoms with E-state index in [1.54, 1.807) is 0 Å². The number of piperidine rings is 1. The van der Waals surface area contributed by atoms with Gasteiger partial charge in [-0.1, -0.05) is 12.1 Å². The molecule has 0 atom stereocenters. The first-order valence-corrected chi connectivity index (χ1v) is 10.2. The smallest absolute Gasteiger partial charge is 0.321 e. The minimum Gasteiger partial charge on any atom is -0.351 e. The maximum Gasteiger partial charge on any atom is 0.321 e. The molecule has 1 aromatic carbocycles. The third-order valence-electron chi connectivity index (χ3n) is 5.93. The molecule has 2 aromatic rings. The van der Waals surface area contributed by atoms with E-state index in [1.807, 2.05) is 47.1 Å². The van der Waals surface area contributed by atoms with Crippen LogP contribution in [-0.2, 0) is 0 Å². The second-order valence-corrected chi connectivity index (χ2v) is 7.78. The van der Waals surface area contributed by atoms with E-state index in [1.165, 1.54) is 0 Å². The summed E-state index contributed by atoms with van der Waals surface area (Å²) in [6.07, 6.45) is 8.16. The minimum absolute atomic E-state index is 0.0165. The standard InChI is InChI=1S/C22H28N4O2/c1-17-7-6-8-19(21(27)25-13-4-5-14-25)20(17)23-22(28)26-15-9-18(10-16-26)24-11-2-3-12-24/h2-3,6-8,11-12,18H,4-5,9-10,13-16H2,1H3,(H,23,28). The van der Waals surface area contributed by atoms with Crippen molar-refractivity contribution in [2.75, 3.05) is 31.5 Å². The molecule has 28 heavy (non-hydrogen) atoms. The van der Waals surface area contributed by atoms with E-state index in [0.717, 1.165) is 57.4 Å². The maximum atomic E-state index is 12.9. The van der Waals surface area contributed by atoms with Crippen molar-refractivity contribution in [3.63, 3.8) is 0 Å². The summed E-state index contributed by atoms with van der Waals surface area (Å²) in [5.41, 5.74) is 2.16. The zero-order valence-corrected chi connectivity index (χ0v) is 16.4. The fourth-order valence-electron chi connectivity index (χ4n) is 4.25. The Morgan fingerprint density at radius 1 is 0.929 bits per heavy atom. The van der Waals surface area contributed by atoms with Crippen LogP contribution in [0.2, 0.25) is 0 Å². The molecule has 1 N–H and O–H groups in total. The van der Waals surface area contributed by atoms with Crippen LogP contribution in [0.25, 0.3) is 0 Å². The predicted octanol–water partition coefficient (Wildman–Crippen LogP) is 3.90. The number of benzene rings is 1. The molecule has 0 radical (unpaired) electrons. The van der Waals surface area contributed by atoms with Crippen molar-refractivity contribution in [3.8, 4) is 0 Å². The van der Waals surface area contributed by atoms with E-state index in [0.29, 0.717) is 17.3 Å². The molecule has 0 bridgehead atoms. The molecular formula is C22H28N4O2. The molecule has 3 heterocycles. The highest BCUT2D eigenvalue weighted by Gasteiger charge is 2.26. The fraction of sp³-hybridized carbons (Fsp3) is 0.455. The van der Waals surface area contributed by atoms with Crippen LogP contribution >= 0.6 is 0 Å². The van der Waals surface area contributed by atoms with Crippen LogP contribution in [0.4, 0.5) is 10.5 Å². The highest BCUT2D eigenvalue weighted by molar-refractivity contribution is 6.04. The maximum absolute atomic E-state index is 12.9. The Morgan fingerprint density at radius 3 is 2.29 bits per heavy atom. The first-order valence-electron chi connectivity index (χ1n) is 10.2. The Kier molecular flexibility index (Phi) is 5.37. The fourth-order valence-corrected chi connectivity index (χ4v) is 4.25. The van der Waals surface area contributed by atoms with E-state index in [-0.39, 0.29) is 11.9 Å². The van der Waals surface area contributed by atoms with Crippen LogP contribution in [0.1, 0.15) is 47.6 Å². The molecule has 2 saturated heterocycles. The summed E-state index contributed by atoms with van der Waals surface area (Å²) in [6, 6.07) is 10.1. The molecule has 2 aliphatic rings. The van der Waals surface area contributed by atoms with Crippen molar-refractivity contribution in [3.05, 3.63) is 53.9 Å². The largest absolute Gasteiger partial charge is 0.351 e. The molecule has 3 amide bonds. The topological polar surface area (TPSA) is 57.6 Å². The van der Waals surface area contributed by atoms with Crippen molar-refractivity contribution in [2.24, 2.45) is 0 Å². The van der Waals surface area contributed by atoms with Crippen LogP contribution in [0, 0.1) is 6.92 Å². The summed E-state index contributed by atoms with van der Waals surface area (Å²) in [4.78, 5) is 29.5. The van der Waals surface area contributed by atoms with Crippen LogP contribution in [-0.4, -0.2) is 52.5 Å². The summed E-state index contributed by atoms with van der Waals surface area (Å²) < 4.78 is 2.23. The molecule has 4 rings (SSSR count). The van der Waals surface area contributed by atoms with Gasteiger partial charge in [0.25, 0.3) is 5.91 Å². The van der Waals surface area contributed by atoms with Crippen LogP contribution in [0.3, 0.4) is 0 Å². The van der Waals surface area contributed by atoms with Gasteiger partial charge in [0.2, 0.25) is 0 Å². The molecular weight excluding hydrogens is 352 g/mol. The number of aromatic nitrogens is 1. The average molecular weight is 380 g/mol. The lowest BCUT2D eigenvalue weighted by atomic mass is 10.0. The normalized spacial score (nSPS) is 17.8. The number of carbonyl (C=O) groups is 2. The van der Waals surface area contributed by atoms with Gasteiger partial charge in [0.15, 0.2) is 0 Å². The highest BCUT2D eigenvalue weighted by Crippen LogP contribution is 2.26. The summed E-state index contributed by atoms with van der Waals surface area (Å²) >= 11 is 0. The average Bonchev–Trinajstić information content (AvgIpc) is 3.43. The van der Waals surface area contributed by atoms with Crippen molar-refractivity contribution >= 4 is 17.6 Å². The second-order valence-electron chi connectivity index (χ2n) is 7.78. The van der Waals surface area contributed by atoms with Crippen molar-refractivity contribution in [1.82, 2.24) is 14.4 Å². The zero-order chi connectivity index (χ0) is 19.5. The molecule has 0 saturated carbocycles. The van der Waals surface area contributed by atoms with Gasteiger partial charge in [0.05, 0.1) is 11.3 Å². The number of hydrogen-bond acceptors (Lipinski definition) is 2. The molecule has 0 spiro atoms. The van der Waals surface area contributed by atoms with Crippen molar-refractivity contribution in [2.45, 2.75) is 38.6 Å². The summed E-state index contributed by atoms with van der Waals surface area (Å²) in [5.74, 6) is 0.0165. The number of nitrogens with one attached hydrogen (secondary N) is 1. The van der Waals surface area contributed by atoms with E-state index < -0.39 is 0 Å². The number of amides is 3. The van der Waals surface area contributed by atoms with E-state index in [9.17, 15) is 9.59 Å². The van der Waals surface area contributed by atoms with Crippen LogP contribution in [0.15, 0.2) is 42.7 Å². The Bertz CT molecular complexity index is 832. The number of hydrogen-bond donors (Lipinski definition) is 1. The monoisotopic (exact) mass is 380 g/mol. The van der Waals surface area contributed by atoms with Gasteiger partial charge in [-0.25, -0.2) is 4.79 Å². The first-order chi connectivity index (χ1) is 13.6. The molecule has 2 aliphatic heterocycles. The lowest BCUT2D eigenvalue weighted by Gasteiger charge is -2.33. The molecule has 1 aromatic heterocycles. The first kappa shape index (κ1) is 18.6. The summed E-state index contributed by atoms with van der Waals surface area (Å²) in [6.45, 7) is 4.97. The van der Waals surface area contributed by atoms with Gasteiger partial charge in [-0.2, -0.15) is 0 Å². The number of nitrogens with zero attached hydrogens (tertiary/aromatic N) is 3. The SMILES string of the molecule is Cc1cccc(C(=O)N2CCCC2)c1NC(=O)N1CCC(n2cccc2)CC1. The number of aryl methyl sites for hydroxylation is 1. The van der Waals surface area contributed by atoms with E-state index >= 15 is 0 Å². The second kappa shape index (κ2) is 8.09. The van der Waals surface area contributed by atoms with Gasteiger partial charge in [-0.3, -0.25) is 4.79 Å². The summed E-state index contributed by atoms with van der Waals surface area (Å²) in [7, 11) is 0. The number of anilines is 1. The Labute approximate surface area is 166 Å². The third kappa shape index (κ3) is 3.77. The molecule has 148 valence electrons. The van der Waals surface area contributed by atoms with E-state index in [2.05, 4.69) is 22.3 Å². The Hall–Kier alpha value is -2.76. The Morgan fingerprint density at radius 2 is 1.61 bits per heavy atom. The van der Waals surface area contributed by atoms with Crippen molar-refractivity contribution < 1.29 is 9.59 Å². The highest BCUT2D eigenvalue weighted by atomic mass is 16.2. The van der Waals surface area contributed by atoms with Gasteiger partial charge in [-0.15, -0.1) is 0 Å². The van der Waals surface area contributed by atoms with Crippen LogP contribution < -0.4 is 5.32 Å². The number of rotatable bonds is 3. The third-order valence-corrected chi connectivity index (χ3v) is 5.93. The van der Waals surface area contributed by atoms with E-state index in [4.69, 9.17) is 0 Å². The number of urea groups is 1.